The molecule has 2 N–H and O–H groups in total. The number of urea groups is 1. The molecule has 8 nitrogen and oxygen atoms in total. The molecule has 2 aromatic carbocycles. The number of hydrogen-bond donors (Lipinski definition) is 2. The van der Waals surface area contributed by atoms with Gasteiger partial charge < -0.3 is 20.2 Å². The molecule has 3 fully saturated rings. The summed E-state index contributed by atoms with van der Waals surface area (Å²) in [6.07, 6.45) is 5.74. The van der Waals surface area contributed by atoms with E-state index in [0.717, 1.165) is 55.5 Å². The quantitative estimate of drug-likeness (QED) is 0.522. The molecule has 1 aromatic heterocycles. The summed E-state index contributed by atoms with van der Waals surface area (Å²) in [7, 11) is 0. The Balaban J connectivity index is 1.22. The summed E-state index contributed by atoms with van der Waals surface area (Å²) < 4.78 is 1.55. The number of aryl methyl sites for hydroxylation is 1. The van der Waals surface area contributed by atoms with Crippen LogP contribution in [0.25, 0.3) is 11.3 Å². The highest BCUT2D eigenvalue weighted by molar-refractivity contribution is 5.75. The Labute approximate surface area is 235 Å². The average Bonchev–Trinajstić information content (AvgIpc) is 3.46. The van der Waals surface area contributed by atoms with Crippen molar-refractivity contribution in [3.8, 4) is 11.3 Å². The maximum atomic E-state index is 14.0. The summed E-state index contributed by atoms with van der Waals surface area (Å²) in [6.45, 7) is 5.33. The van der Waals surface area contributed by atoms with E-state index in [1.807, 2.05) is 59.2 Å². The molecule has 3 heterocycles. The highest BCUT2D eigenvalue weighted by Crippen LogP contribution is 2.51. The van der Waals surface area contributed by atoms with Gasteiger partial charge in [-0.05, 0) is 37.8 Å². The van der Waals surface area contributed by atoms with Gasteiger partial charge in [0.25, 0.3) is 5.56 Å². The largest absolute Gasteiger partial charge is 0.387 e. The van der Waals surface area contributed by atoms with E-state index in [2.05, 4.69) is 22.4 Å². The molecule has 2 amide bonds. The van der Waals surface area contributed by atoms with Crippen molar-refractivity contribution >= 4 is 6.03 Å². The predicted molar refractivity (Wildman–Crippen MR) is 155 cm³/mol. The van der Waals surface area contributed by atoms with E-state index < -0.39 is 11.0 Å². The highest BCUT2D eigenvalue weighted by Gasteiger charge is 2.56. The van der Waals surface area contributed by atoms with E-state index in [4.69, 9.17) is 0 Å². The van der Waals surface area contributed by atoms with Gasteiger partial charge in [-0.25, -0.2) is 9.78 Å². The number of carbonyl (C=O) groups excluding carboxylic acids is 1. The molecular weight excluding hydrogens is 502 g/mol. The van der Waals surface area contributed by atoms with Crippen molar-refractivity contribution in [2.45, 2.75) is 57.2 Å². The summed E-state index contributed by atoms with van der Waals surface area (Å²) in [4.78, 5) is 35.7. The predicted octanol–water partition coefficient (Wildman–Crippen LogP) is 3.98. The minimum Gasteiger partial charge on any atom is -0.387 e. The molecule has 0 radical (unpaired) electrons. The van der Waals surface area contributed by atoms with Gasteiger partial charge in [-0.1, -0.05) is 66.9 Å². The third-order valence-electron chi connectivity index (χ3n) is 9.41. The van der Waals surface area contributed by atoms with Gasteiger partial charge in [0.05, 0.1) is 30.2 Å². The fraction of sp³-hybridized carbons (Fsp3) is 0.469. The first-order valence-corrected chi connectivity index (χ1v) is 14.5. The molecule has 3 aromatic rings. The second-order valence-corrected chi connectivity index (χ2v) is 11.9. The Bertz CT molecular complexity index is 1420. The van der Waals surface area contributed by atoms with Crippen LogP contribution in [0.5, 0.6) is 0 Å². The van der Waals surface area contributed by atoms with Gasteiger partial charge in [0.1, 0.15) is 0 Å². The van der Waals surface area contributed by atoms with Gasteiger partial charge in [-0.2, -0.15) is 0 Å². The Morgan fingerprint density at radius 3 is 2.60 bits per heavy atom. The number of hydrogen-bond acceptors (Lipinski definition) is 5. The summed E-state index contributed by atoms with van der Waals surface area (Å²) in [5.41, 5.74) is 2.09. The van der Waals surface area contributed by atoms with Gasteiger partial charge in [0, 0.05) is 49.8 Å². The number of aliphatic hydroxyl groups is 1. The molecule has 0 bridgehead atoms. The molecule has 1 spiro atoms. The van der Waals surface area contributed by atoms with Crippen LogP contribution >= 0.6 is 0 Å². The van der Waals surface area contributed by atoms with E-state index in [1.54, 1.807) is 17.0 Å². The van der Waals surface area contributed by atoms with Gasteiger partial charge >= 0.3 is 6.03 Å². The molecule has 1 aliphatic carbocycles. The fourth-order valence-corrected chi connectivity index (χ4v) is 7.14. The molecule has 2 aliphatic heterocycles. The standard InChI is InChI=1S/C32H39N5O3/c1-24-8-7-11-26(18-24)27-19-29(38)36(23-34-27)22-32(40)14-16-35(21-31(32)12-5-6-13-31)30(39)37-17-15-33-20-28(37)25-9-3-2-4-10-25/h2-4,7-11,18-19,23,28,33,40H,5-6,12-17,20-22H2,1H3/t28-,32+/m0/s1. The highest BCUT2D eigenvalue weighted by atomic mass is 16.3. The Hall–Kier alpha value is -3.49. The van der Waals surface area contributed by atoms with Crippen molar-refractivity contribution in [2.24, 2.45) is 5.41 Å². The number of nitrogens with one attached hydrogen (secondary N) is 1. The zero-order chi connectivity index (χ0) is 27.7. The van der Waals surface area contributed by atoms with Crippen LogP contribution in [0.4, 0.5) is 4.79 Å². The lowest BCUT2D eigenvalue weighted by atomic mass is 9.66. The van der Waals surface area contributed by atoms with Crippen molar-refractivity contribution in [1.29, 1.82) is 0 Å². The van der Waals surface area contributed by atoms with Gasteiger partial charge in [-0.3, -0.25) is 9.36 Å². The molecule has 210 valence electrons. The van der Waals surface area contributed by atoms with Gasteiger partial charge in [-0.15, -0.1) is 0 Å². The lowest BCUT2D eigenvalue weighted by Gasteiger charge is -2.53. The van der Waals surface area contributed by atoms with Crippen molar-refractivity contribution in [3.05, 3.63) is 88.5 Å². The van der Waals surface area contributed by atoms with Crippen LogP contribution in [-0.4, -0.2) is 68.8 Å². The Morgan fingerprint density at radius 1 is 1.05 bits per heavy atom. The van der Waals surface area contributed by atoms with Gasteiger partial charge in [0.15, 0.2) is 0 Å². The van der Waals surface area contributed by atoms with Crippen molar-refractivity contribution in [3.63, 3.8) is 0 Å². The summed E-state index contributed by atoms with van der Waals surface area (Å²) in [5.74, 6) is 0. The molecule has 8 heteroatoms. The van der Waals surface area contributed by atoms with Crippen LogP contribution in [0.3, 0.4) is 0 Å². The normalized spacial score (nSPS) is 24.4. The number of carbonyl (C=O) groups is 1. The van der Waals surface area contributed by atoms with Crippen LogP contribution in [0.2, 0.25) is 0 Å². The van der Waals surface area contributed by atoms with Crippen LogP contribution in [-0.2, 0) is 6.54 Å². The maximum Gasteiger partial charge on any atom is 0.320 e. The first-order chi connectivity index (χ1) is 19.4. The molecule has 6 rings (SSSR count). The number of piperazine rings is 1. The number of piperidine rings is 1. The minimum absolute atomic E-state index is 0.0145. The molecule has 2 atom stereocenters. The van der Waals surface area contributed by atoms with E-state index in [-0.39, 0.29) is 24.2 Å². The zero-order valence-electron chi connectivity index (χ0n) is 23.3. The van der Waals surface area contributed by atoms with Crippen LogP contribution in [0.1, 0.15) is 49.3 Å². The average molecular weight is 542 g/mol. The lowest BCUT2D eigenvalue weighted by molar-refractivity contribution is -0.137. The Kier molecular flexibility index (Phi) is 7.23. The SMILES string of the molecule is Cc1cccc(-c2cc(=O)n(C[C@]3(O)CCN(C(=O)N4CCNC[C@H]4c4ccccc4)CC34CCCC4)cn2)c1. The van der Waals surface area contributed by atoms with E-state index >= 15 is 0 Å². The molecule has 2 saturated heterocycles. The molecule has 1 saturated carbocycles. The molecular formula is C32H39N5O3. The van der Waals surface area contributed by atoms with Crippen molar-refractivity contribution < 1.29 is 9.90 Å². The second kappa shape index (κ2) is 10.8. The first kappa shape index (κ1) is 26.7. The van der Waals surface area contributed by atoms with Gasteiger partial charge in [0.2, 0.25) is 0 Å². The third kappa shape index (κ3) is 4.95. The number of rotatable bonds is 4. The number of amides is 2. The molecule has 3 aliphatic rings. The van der Waals surface area contributed by atoms with E-state index in [1.165, 1.54) is 0 Å². The topological polar surface area (TPSA) is 90.7 Å². The lowest BCUT2D eigenvalue weighted by Crippen LogP contribution is -2.64. The summed E-state index contributed by atoms with van der Waals surface area (Å²) in [6, 6.07) is 19.7. The number of nitrogens with zero attached hydrogens (tertiary/aromatic N) is 4. The first-order valence-electron chi connectivity index (χ1n) is 14.5. The van der Waals surface area contributed by atoms with Crippen molar-refractivity contribution in [2.75, 3.05) is 32.7 Å². The smallest absolute Gasteiger partial charge is 0.320 e. The van der Waals surface area contributed by atoms with Crippen LogP contribution in [0, 0.1) is 12.3 Å². The monoisotopic (exact) mass is 541 g/mol. The number of benzene rings is 2. The summed E-state index contributed by atoms with van der Waals surface area (Å²) in [5, 5.41) is 15.7. The fourth-order valence-electron chi connectivity index (χ4n) is 7.14. The number of aromatic nitrogens is 2. The Morgan fingerprint density at radius 2 is 1.85 bits per heavy atom. The second-order valence-electron chi connectivity index (χ2n) is 11.9. The van der Waals surface area contributed by atoms with E-state index in [9.17, 15) is 14.7 Å². The third-order valence-corrected chi connectivity index (χ3v) is 9.41. The van der Waals surface area contributed by atoms with E-state index in [0.29, 0.717) is 31.7 Å². The zero-order valence-corrected chi connectivity index (χ0v) is 23.3. The van der Waals surface area contributed by atoms with Crippen LogP contribution < -0.4 is 10.9 Å². The number of likely N-dealkylation sites (tertiary alicyclic amines) is 1. The summed E-state index contributed by atoms with van der Waals surface area (Å²) >= 11 is 0. The van der Waals surface area contributed by atoms with Crippen molar-refractivity contribution in [1.82, 2.24) is 24.7 Å². The minimum atomic E-state index is -1.08. The van der Waals surface area contributed by atoms with Crippen LogP contribution in [0.15, 0.2) is 71.8 Å². The molecule has 40 heavy (non-hydrogen) atoms. The molecule has 0 unspecified atom stereocenters. The maximum absolute atomic E-state index is 14.0.